The second kappa shape index (κ2) is 4.81. The maximum atomic E-state index is 5.84. The SMILES string of the molecule is CC(C)CC1CSC(=NC2CC3CCC2O3)N1. The number of hydrogen-bond donors (Lipinski definition) is 1. The lowest BCUT2D eigenvalue weighted by Gasteiger charge is -2.16. The fraction of sp³-hybridized carbons (Fsp3) is 0.923. The van der Waals surface area contributed by atoms with E-state index in [1.165, 1.54) is 25.0 Å². The van der Waals surface area contributed by atoms with Crippen LogP contribution >= 0.6 is 11.8 Å². The summed E-state index contributed by atoms with van der Waals surface area (Å²) in [7, 11) is 0. The third-order valence-corrected chi connectivity index (χ3v) is 4.93. The molecule has 17 heavy (non-hydrogen) atoms. The van der Waals surface area contributed by atoms with Crippen LogP contribution in [0, 0.1) is 5.92 Å². The number of aliphatic imine (C=N–C) groups is 1. The molecular weight excluding hydrogens is 232 g/mol. The zero-order chi connectivity index (χ0) is 11.8. The van der Waals surface area contributed by atoms with Crippen LogP contribution in [0.1, 0.15) is 39.5 Å². The van der Waals surface area contributed by atoms with Gasteiger partial charge in [0.25, 0.3) is 0 Å². The standard InChI is InChI=1S/C13H22N2OS/c1-8(2)5-9-7-17-13(14-9)15-11-6-10-3-4-12(11)16-10/h8-12H,3-7H2,1-2H3,(H,14,15). The second-order valence-corrected chi connectivity index (χ2v) is 6.90. The predicted molar refractivity (Wildman–Crippen MR) is 72.6 cm³/mol. The first kappa shape index (κ1) is 11.8. The molecule has 0 radical (unpaired) electrons. The Kier molecular flexibility index (Phi) is 3.35. The first-order chi connectivity index (χ1) is 8.20. The molecule has 3 nitrogen and oxygen atoms in total. The van der Waals surface area contributed by atoms with Crippen LogP contribution in [0.2, 0.25) is 0 Å². The first-order valence-corrected chi connectivity index (χ1v) is 7.82. The molecular formula is C13H22N2OS. The third kappa shape index (κ3) is 2.63. The highest BCUT2D eigenvalue weighted by molar-refractivity contribution is 8.14. The number of amidine groups is 1. The van der Waals surface area contributed by atoms with E-state index >= 15 is 0 Å². The van der Waals surface area contributed by atoms with Crippen molar-refractivity contribution in [2.24, 2.45) is 10.9 Å². The van der Waals surface area contributed by atoms with Gasteiger partial charge in [0.15, 0.2) is 5.17 Å². The molecule has 3 aliphatic rings. The van der Waals surface area contributed by atoms with Crippen LogP contribution in [0.3, 0.4) is 0 Å². The van der Waals surface area contributed by atoms with Crippen LogP contribution in [0.25, 0.3) is 0 Å². The van der Waals surface area contributed by atoms with Gasteiger partial charge >= 0.3 is 0 Å². The van der Waals surface area contributed by atoms with Gasteiger partial charge in [-0.05, 0) is 31.6 Å². The highest BCUT2D eigenvalue weighted by Crippen LogP contribution is 2.36. The van der Waals surface area contributed by atoms with Gasteiger partial charge in [0.1, 0.15) is 0 Å². The predicted octanol–water partition coefficient (Wildman–Crippen LogP) is 2.41. The molecule has 3 saturated heterocycles. The maximum absolute atomic E-state index is 5.84. The lowest BCUT2D eigenvalue weighted by Crippen LogP contribution is -2.30. The van der Waals surface area contributed by atoms with Crippen LogP contribution in [-0.4, -0.2) is 35.2 Å². The molecule has 0 amide bonds. The molecule has 1 N–H and O–H groups in total. The summed E-state index contributed by atoms with van der Waals surface area (Å²) in [6.07, 6.45) is 5.78. The Balaban J connectivity index is 1.55. The van der Waals surface area contributed by atoms with E-state index < -0.39 is 0 Å². The summed E-state index contributed by atoms with van der Waals surface area (Å²) in [5.74, 6) is 1.94. The number of hydrogen-bond acceptors (Lipinski definition) is 3. The topological polar surface area (TPSA) is 33.6 Å². The van der Waals surface area contributed by atoms with E-state index in [9.17, 15) is 0 Å². The van der Waals surface area contributed by atoms with Crippen molar-refractivity contribution in [3.05, 3.63) is 0 Å². The van der Waals surface area contributed by atoms with Crippen molar-refractivity contribution < 1.29 is 4.74 Å². The average molecular weight is 254 g/mol. The molecule has 2 bridgehead atoms. The van der Waals surface area contributed by atoms with Crippen molar-refractivity contribution in [2.75, 3.05) is 5.75 Å². The van der Waals surface area contributed by atoms with Crippen LogP contribution < -0.4 is 5.32 Å². The third-order valence-electron chi connectivity index (χ3n) is 3.86. The Morgan fingerprint density at radius 3 is 3.00 bits per heavy atom. The van der Waals surface area contributed by atoms with E-state index in [0.717, 1.165) is 17.5 Å². The summed E-state index contributed by atoms with van der Waals surface area (Å²) >= 11 is 1.89. The Morgan fingerprint density at radius 2 is 2.35 bits per heavy atom. The minimum atomic E-state index is 0.416. The van der Waals surface area contributed by atoms with Gasteiger partial charge in [-0.3, -0.25) is 4.99 Å². The van der Waals surface area contributed by atoms with Gasteiger partial charge in [0.05, 0.1) is 18.2 Å². The number of fused-ring (bicyclic) bond motifs is 2. The molecule has 3 heterocycles. The van der Waals surface area contributed by atoms with Gasteiger partial charge in [-0.15, -0.1) is 0 Å². The molecule has 4 unspecified atom stereocenters. The van der Waals surface area contributed by atoms with Crippen LogP contribution in [0.15, 0.2) is 4.99 Å². The minimum absolute atomic E-state index is 0.416. The van der Waals surface area contributed by atoms with Gasteiger partial charge in [0.2, 0.25) is 0 Å². The van der Waals surface area contributed by atoms with Gasteiger partial charge in [0, 0.05) is 11.8 Å². The lowest BCUT2D eigenvalue weighted by molar-refractivity contribution is 0.101. The van der Waals surface area contributed by atoms with Crippen molar-refractivity contribution in [3.63, 3.8) is 0 Å². The van der Waals surface area contributed by atoms with E-state index in [0.29, 0.717) is 24.3 Å². The number of ether oxygens (including phenoxy) is 1. The van der Waals surface area contributed by atoms with Crippen molar-refractivity contribution in [1.82, 2.24) is 5.32 Å². The Labute approximate surface area is 108 Å². The van der Waals surface area contributed by atoms with E-state index in [1.54, 1.807) is 0 Å². The summed E-state index contributed by atoms with van der Waals surface area (Å²) in [5.41, 5.74) is 0. The molecule has 0 aromatic heterocycles. The number of thioether (sulfide) groups is 1. The highest BCUT2D eigenvalue weighted by Gasteiger charge is 2.41. The molecule has 4 heteroatoms. The fourth-order valence-electron chi connectivity index (χ4n) is 3.11. The van der Waals surface area contributed by atoms with Crippen LogP contribution in [0.5, 0.6) is 0 Å². The summed E-state index contributed by atoms with van der Waals surface area (Å²) in [4.78, 5) is 4.86. The van der Waals surface area contributed by atoms with Gasteiger partial charge in [-0.25, -0.2) is 0 Å². The van der Waals surface area contributed by atoms with E-state index in [2.05, 4.69) is 19.2 Å². The molecule has 3 aliphatic heterocycles. The fourth-order valence-corrected chi connectivity index (χ4v) is 4.14. The van der Waals surface area contributed by atoms with Gasteiger partial charge < -0.3 is 10.1 Å². The average Bonchev–Trinajstić information content (AvgIpc) is 2.94. The largest absolute Gasteiger partial charge is 0.373 e. The number of nitrogens with zero attached hydrogens (tertiary/aromatic N) is 1. The summed E-state index contributed by atoms with van der Waals surface area (Å²) in [6.45, 7) is 4.57. The molecule has 3 fully saturated rings. The molecule has 0 aliphatic carbocycles. The zero-order valence-corrected chi connectivity index (χ0v) is 11.5. The number of rotatable bonds is 3. The minimum Gasteiger partial charge on any atom is -0.373 e. The maximum Gasteiger partial charge on any atom is 0.157 e. The van der Waals surface area contributed by atoms with Crippen molar-refractivity contribution >= 4 is 16.9 Å². The van der Waals surface area contributed by atoms with E-state index in [-0.39, 0.29) is 0 Å². The van der Waals surface area contributed by atoms with Gasteiger partial charge in [-0.1, -0.05) is 25.6 Å². The highest BCUT2D eigenvalue weighted by atomic mass is 32.2. The van der Waals surface area contributed by atoms with Crippen LogP contribution in [-0.2, 0) is 4.74 Å². The summed E-state index contributed by atoms with van der Waals surface area (Å²) in [6, 6.07) is 1.06. The van der Waals surface area contributed by atoms with Crippen molar-refractivity contribution in [2.45, 2.75) is 63.8 Å². The summed E-state index contributed by atoms with van der Waals surface area (Å²) in [5, 5.41) is 4.73. The van der Waals surface area contributed by atoms with Crippen molar-refractivity contribution in [3.8, 4) is 0 Å². The first-order valence-electron chi connectivity index (χ1n) is 6.83. The quantitative estimate of drug-likeness (QED) is 0.839. The lowest BCUT2D eigenvalue weighted by atomic mass is 9.96. The Morgan fingerprint density at radius 1 is 1.47 bits per heavy atom. The molecule has 0 spiro atoms. The smallest absolute Gasteiger partial charge is 0.157 e. The summed E-state index contributed by atoms with van der Waals surface area (Å²) < 4.78 is 5.84. The van der Waals surface area contributed by atoms with Gasteiger partial charge in [-0.2, -0.15) is 0 Å². The molecule has 0 aromatic rings. The zero-order valence-electron chi connectivity index (χ0n) is 10.7. The molecule has 96 valence electrons. The molecule has 4 atom stereocenters. The van der Waals surface area contributed by atoms with Crippen LogP contribution in [0.4, 0.5) is 0 Å². The molecule has 0 aromatic carbocycles. The normalized spacial score (nSPS) is 42.6. The van der Waals surface area contributed by atoms with E-state index in [4.69, 9.17) is 9.73 Å². The monoisotopic (exact) mass is 254 g/mol. The Hall–Kier alpha value is -0.220. The van der Waals surface area contributed by atoms with E-state index in [1.807, 2.05) is 11.8 Å². The number of nitrogens with one attached hydrogen (secondary N) is 1. The second-order valence-electron chi connectivity index (χ2n) is 5.89. The molecule has 3 rings (SSSR count). The molecule has 0 saturated carbocycles. The van der Waals surface area contributed by atoms with Crippen molar-refractivity contribution in [1.29, 1.82) is 0 Å². The Bertz CT molecular complexity index is 319.